The molecule has 4 aromatic heterocycles. The van der Waals surface area contributed by atoms with E-state index >= 15 is 0 Å². The van der Waals surface area contributed by atoms with Gasteiger partial charge in [0.2, 0.25) is 0 Å². The van der Waals surface area contributed by atoms with Crippen LogP contribution in [0.4, 0.5) is 10.2 Å². The van der Waals surface area contributed by atoms with Crippen molar-refractivity contribution in [1.82, 2.24) is 19.6 Å². The smallest absolute Gasteiger partial charge is 0.155 e. The Morgan fingerprint density at radius 2 is 1.91 bits per heavy atom. The number of β-amino-alcohol motifs (C(OH)–C–C–N with tert-alkyl or cyclic N) is 2. The molecule has 32 heavy (non-hydrogen) atoms. The molecule has 2 N–H and O–H groups in total. The predicted octanol–water partition coefficient (Wildman–Crippen LogP) is 2.50. The van der Waals surface area contributed by atoms with E-state index in [4.69, 9.17) is 0 Å². The standard InChI is InChI=1S/C22H17FN6O2S/c23-16-2-1-5-25-22(16)32-19-6-14(10-29-21(19)15(7-24)9-27-29)13-3-4-20(26-8-13)28-11-17(30)18(31)12-28/h1-6,8-10,17-18,30-31H,11-12H2/t17-,18+. The molecule has 1 fully saturated rings. The van der Waals surface area contributed by atoms with E-state index in [9.17, 15) is 19.9 Å². The van der Waals surface area contributed by atoms with Crippen LogP contribution in [-0.4, -0.2) is 55.1 Å². The maximum atomic E-state index is 14.2. The molecule has 0 unspecified atom stereocenters. The number of pyridine rings is 3. The van der Waals surface area contributed by atoms with Crippen molar-refractivity contribution in [2.75, 3.05) is 18.0 Å². The number of hydrogen-bond acceptors (Lipinski definition) is 8. The first-order chi connectivity index (χ1) is 15.5. The minimum atomic E-state index is -0.792. The van der Waals surface area contributed by atoms with E-state index in [1.165, 1.54) is 24.5 Å². The highest BCUT2D eigenvalue weighted by molar-refractivity contribution is 7.99. The molecular weight excluding hydrogens is 431 g/mol. The molecule has 0 bridgehead atoms. The van der Waals surface area contributed by atoms with Crippen LogP contribution in [-0.2, 0) is 0 Å². The maximum Gasteiger partial charge on any atom is 0.155 e. The third-order valence-corrected chi connectivity index (χ3v) is 6.32. The van der Waals surface area contributed by atoms with Gasteiger partial charge in [0, 0.05) is 47.7 Å². The van der Waals surface area contributed by atoms with Gasteiger partial charge in [0.15, 0.2) is 5.82 Å². The molecule has 5 rings (SSSR count). The summed E-state index contributed by atoms with van der Waals surface area (Å²) in [4.78, 5) is 11.0. The van der Waals surface area contributed by atoms with Gasteiger partial charge in [-0.25, -0.2) is 18.9 Å². The molecule has 10 heteroatoms. The zero-order chi connectivity index (χ0) is 22.2. The average Bonchev–Trinajstić information content (AvgIpc) is 3.38. The number of halogens is 1. The van der Waals surface area contributed by atoms with Crippen molar-refractivity contribution in [3.63, 3.8) is 0 Å². The molecule has 0 radical (unpaired) electrons. The van der Waals surface area contributed by atoms with Crippen molar-refractivity contribution in [3.05, 3.63) is 66.5 Å². The second-order valence-electron chi connectivity index (χ2n) is 7.39. The Morgan fingerprint density at radius 3 is 2.59 bits per heavy atom. The molecule has 1 aliphatic heterocycles. The van der Waals surface area contributed by atoms with Crippen LogP contribution in [0, 0.1) is 17.1 Å². The molecule has 0 saturated carbocycles. The molecule has 1 aliphatic rings. The Labute approximate surface area is 186 Å². The van der Waals surface area contributed by atoms with E-state index in [2.05, 4.69) is 21.1 Å². The molecule has 0 amide bonds. The Bertz CT molecular complexity index is 1330. The molecule has 1 saturated heterocycles. The van der Waals surface area contributed by atoms with Crippen LogP contribution >= 0.6 is 11.8 Å². The number of nitriles is 1. The van der Waals surface area contributed by atoms with Gasteiger partial charge in [0.25, 0.3) is 0 Å². The lowest BCUT2D eigenvalue weighted by Crippen LogP contribution is -2.22. The fraction of sp³-hybridized carbons (Fsp3) is 0.182. The summed E-state index contributed by atoms with van der Waals surface area (Å²) in [7, 11) is 0. The van der Waals surface area contributed by atoms with Crippen LogP contribution in [0.1, 0.15) is 5.56 Å². The summed E-state index contributed by atoms with van der Waals surface area (Å²) in [5.74, 6) is 0.210. The molecule has 5 heterocycles. The molecule has 2 atom stereocenters. The lowest BCUT2D eigenvalue weighted by atomic mass is 10.1. The van der Waals surface area contributed by atoms with Crippen LogP contribution in [0.3, 0.4) is 0 Å². The Balaban J connectivity index is 1.53. The largest absolute Gasteiger partial charge is 0.389 e. The predicted molar refractivity (Wildman–Crippen MR) is 116 cm³/mol. The van der Waals surface area contributed by atoms with Crippen LogP contribution in [0.2, 0.25) is 0 Å². The third-order valence-electron chi connectivity index (χ3n) is 5.29. The van der Waals surface area contributed by atoms with Crippen molar-refractivity contribution in [2.45, 2.75) is 22.1 Å². The van der Waals surface area contributed by atoms with Crippen molar-refractivity contribution in [3.8, 4) is 17.2 Å². The van der Waals surface area contributed by atoms with E-state index in [1.54, 1.807) is 16.9 Å². The lowest BCUT2D eigenvalue weighted by molar-refractivity contribution is 0.0572. The fourth-order valence-corrected chi connectivity index (χ4v) is 4.63. The number of aromatic nitrogens is 4. The second kappa shape index (κ2) is 8.20. The summed E-state index contributed by atoms with van der Waals surface area (Å²) < 4.78 is 15.8. The van der Waals surface area contributed by atoms with Crippen molar-refractivity contribution >= 4 is 23.1 Å². The summed E-state index contributed by atoms with van der Waals surface area (Å²) >= 11 is 1.13. The van der Waals surface area contributed by atoms with Crippen LogP contribution in [0.15, 0.2) is 65.0 Å². The van der Waals surface area contributed by atoms with E-state index in [0.717, 1.165) is 22.9 Å². The Hall–Kier alpha value is -3.52. The second-order valence-corrected chi connectivity index (χ2v) is 8.42. The van der Waals surface area contributed by atoms with Crippen LogP contribution in [0.5, 0.6) is 0 Å². The fourth-order valence-electron chi connectivity index (χ4n) is 3.65. The van der Waals surface area contributed by atoms with Gasteiger partial charge in [-0.2, -0.15) is 10.4 Å². The minimum Gasteiger partial charge on any atom is -0.389 e. The number of aliphatic hydroxyl groups excluding tert-OH is 2. The van der Waals surface area contributed by atoms with Gasteiger partial charge in [-0.05, 0) is 30.3 Å². The summed E-state index contributed by atoms with van der Waals surface area (Å²) in [5.41, 5.74) is 2.55. The summed E-state index contributed by atoms with van der Waals surface area (Å²) in [5, 5.41) is 33.5. The molecule has 0 aliphatic carbocycles. The van der Waals surface area contributed by atoms with E-state index in [-0.39, 0.29) is 5.03 Å². The third kappa shape index (κ3) is 3.67. The van der Waals surface area contributed by atoms with Crippen LogP contribution in [0.25, 0.3) is 16.6 Å². The molecular formula is C22H17FN6O2S. The highest BCUT2D eigenvalue weighted by atomic mass is 32.2. The maximum absolute atomic E-state index is 14.2. The SMILES string of the molecule is N#Cc1cnn2cc(-c3ccc(N4C[C@@H](O)[C@@H](O)C4)nc3)cc(Sc3ncccc3F)c12. The van der Waals surface area contributed by atoms with E-state index in [1.807, 2.05) is 23.1 Å². The Kier molecular flexibility index (Phi) is 5.22. The van der Waals surface area contributed by atoms with Crippen LogP contribution < -0.4 is 4.90 Å². The molecule has 0 spiro atoms. The Morgan fingerprint density at radius 1 is 1.09 bits per heavy atom. The van der Waals surface area contributed by atoms with Gasteiger partial charge in [0.05, 0.1) is 29.5 Å². The number of fused-ring (bicyclic) bond motifs is 1. The number of nitrogens with zero attached hydrogens (tertiary/aromatic N) is 6. The molecule has 160 valence electrons. The molecule has 0 aromatic carbocycles. The van der Waals surface area contributed by atoms with Gasteiger partial charge < -0.3 is 15.1 Å². The molecule has 4 aromatic rings. The summed E-state index contributed by atoms with van der Waals surface area (Å²) in [6.07, 6.45) is 4.89. The molecule has 8 nitrogen and oxygen atoms in total. The number of hydrogen-bond donors (Lipinski definition) is 2. The summed E-state index contributed by atoms with van der Waals surface area (Å²) in [6, 6.07) is 10.5. The van der Waals surface area contributed by atoms with Gasteiger partial charge in [-0.1, -0.05) is 11.8 Å². The van der Waals surface area contributed by atoms with E-state index < -0.39 is 18.0 Å². The highest BCUT2D eigenvalue weighted by Gasteiger charge is 2.30. The lowest BCUT2D eigenvalue weighted by Gasteiger charge is -2.16. The first-order valence-electron chi connectivity index (χ1n) is 9.81. The average molecular weight is 448 g/mol. The highest BCUT2D eigenvalue weighted by Crippen LogP contribution is 2.36. The normalized spacial score (nSPS) is 18.2. The zero-order valence-corrected chi connectivity index (χ0v) is 17.4. The monoisotopic (exact) mass is 448 g/mol. The first kappa shape index (κ1) is 20.4. The minimum absolute atomic E-state index is 0.205. The van der Waals surface area contributed by atoms with Gasteiger partial charge >= 0.3 is 0 Å². The van der Waals surface area contributed by atoms with Gasteiger partial charge in [-0.3, -0.25) is 0 Å². The summed E-state index contributed by atoms with van der Waals surface area (Å²) in [6.45, 7) is 0.639. The number of aliphatic hydroxyl groups is 2. The van der Waals surface area contributed by atoms with Gasteiger partial charge in [-0.15, -0.1) is 0 Å². The topological polar surface area (TPSA) is 111 Å². The number of anilines is 1. The quantitative estimate of drug-likeness (QED) is 0.490. The van der Waals surface area contributed by atoms with Gasteiger partial charge in [0.1, 0.15) is 16.9 Å². The van der Waals surface area contributed by atoms with Crippen molar-refractivity contribution in [2.24, 2.45) is 0 Å². The number of rotatable bonds is 4. The van der Waals surface area contributed by atoms with E-state index in [0.29, 0.717) is 34.9 Å². The van der Waals surface area contributed by atoms with Crippen molar-refractivity contribution < 1.29 is 14.6 Å². The zero-order valence-electron chi connectivity index (χ0n) is 16.6. The van der Waals surface area contributed by atoms with Crippen molar-refractivity contribution in [1.29, 1.82) is 5.26 Å². The first-order valence-corrected chi connectivity index (χ1v) is 10.6.